The van der Waals surface area contributed by atoms with Crippen LogP contribution in [0, 0.1) is 0 Å². The number of hydrogen-bond acceptors (Lipinski definition) is 5. The smallest absolute Gasteiger partial charge is 0.349 e. The van der Waals surface area contributed by atoms with E-state index in [4.69, 9.17) is 8.83 Å². The van der Waals surface area contributed by atoms with E-state index in [1.54, 1.807) is 36.4 Å². The molecule has 0 aliphatic rings. The Morgan fingerprint density at radius 2 is 1.62 bits per heavy atom. The number of hydrogen-bond donors (Lipinski definition) is 1. The van der Waals surface area contributed by atoms with E-state index in [0.29, 0.717) is 33.7 Å². The summed E-state index contributed by atoms with van der Waals surface area (Å²) in [5.74, 6) is -0.0910. The molecule has 0 fully saturated rings. The highest BCUT2D eigenvalue weighted by Gasteiger charge is 2.15. The average Bonchev–Trinajstić information content (AvgIpc) is 3.18. The molecule has 29 heavy (non-hydrogen) atoms. The van der Waals surface area contributed by atoms with Gasteiger partial charge in [0.05, 0.1) is 0 Å². The van der Waals surface area contributed by atoms with E-state index in [1.165, 1.54) is 6.07 Å². The van der Waals surface area contributed by atoms with Crippen LogP contribution in [0.4, 0.5) is 5.69 Å². The molecule has 0 bridgehead atoms. The minimum absolute atomic E-state index is 0.0593. The highest BCUT2D eigenvalue weighted by atomic mass is 16.4. The Bertz CT molecular complexity index is 1400. The van der Waals surface area contributed by atoms with Crippen LogP contribution in [-0.2, 0) is 0 Å². The molecule has 1 amide bonds. The number of benzene rings is 3. The lowest BCUT2D eigenvalue weighted by Gasteiger charge is -2.06. The topological polar surface area (TPSA) is 85.3 Å². The molecule has 3 aromatic carbocycles. The standard InChI is InChI=1S/C23H14N2O4/c26-21(17-13-14-6-1-3-10-19(14)29-23(17)27)24-16-8-5-7-15(12-16)22-25-18-9-2-4-11-20(18)28-22/h1-13H,(H,24,26). The van der Waals surface area contributed by atoms with Gasteiger partial charge < -0.3 is 14.2 Å². The van der Waals surface area contributed by atoms with Crippen LogP contribution in [0.25, 0.3) is 33.5 Å². The molecule has 0 aliphatic carbocycles. The van der Waals surface area contributed by atoms with Crippen molar-refractivity contribution in [2.75, 3.05) is 5.32 Å². The summed E-state index contributed by atoms with van der Waals surface area (Å²) in [4.78, 5) is 29.3. The molecule has 5 rings (SSSR count). The molecule has 0 unspecified atom stereocenters. The number of anilines is 1. The number of carbonyl (C=O) groups excluding carboxylic acids is 1. The van der Waals surface area contributed by atoms with Gasteiger partial charge in [0.2, 0.25) is 5.89 Å². The number of fused-ring (bicyclic) bond motifs is 2. The summed E-state index contributed by atoms with van der Waals surface area (Å²) in [5.41, 5.74) is 2.36. The fourth-order valence-corrected chi connectivity index (χ4v) is 3.14. The van der Waals surface area contributed by atoms with Crippen molar-refractivity contribution in [2.45, 2.75) is 0 Å². The average molecular weight is 382 g/mol. The lowest BCUT2D eigenvalue weighted by molar-refractivity contribution is 0.102. The van der Waals surface area contributed by atoms with Crippen LogP contribution in [-0.4, -0.2) is 10.9 Å². The second kappa shape index (κ2) is 6.76. The molecule has 0 saturated carbocycles. The lowest BCUT2D eigenvalue weighted by atomic mass is 10.1. The Morgan fingerprint density at radius 3 is 2.48 bits per heavy atom. The van der Waals surface area contributed by atoms with Crippen molar-refractivity contribution in [1.29, 1.82) is 0 Å². The van der Waals surface area contributed by atoms with Crippen LogP contribution in [0.2, 0.25) is 0 Å². The first-order valence-electron chi connectivity index (χ1n) is 8.98. The number of rotatable bonds is 3. The monoisotopic (exact) mass is 382 g/mol. The van der Waals surface area contributed by atoms with E-state index >= 15 is 0 Å². The van der Waals surface area contributed by atoms with Gasteiger partial charge in [-0.3, -0.25) is 4.79 Å². The second-order valence-corrected chi connectivity index (χ2v) is 6.51. The normalized spacial score (nSPS) is 11.0. The van der Waals surface area contributed by atoms with E-state index in [1.807, 2.05) is 36.4 Å². The first-order valence-corrected chi connectivity index (χ1v) is 8.98. The Kier molecular flexibility index (Phi) is 3.95. The SMILES string of the molecule is O=C(Nc1cccc(-c2nc3ccccc3o2)c1)c1cc2ccccc2oc1=O. The Morgan fingerprint density at radius 1 is 0.828 bits per heavy atom. The molecule has 0 aliphatic heterocycles. The van der Waals surface area contributed by atoms with Gasteiger partial charge in [-0.1, -0.05) is 36.4 Å². The maximum Gasteiger partial charge on any atom is 0.349 e. The summed E-state index contributed by atoms with van der Waals surface area (Å²) in [6, 6.07) is 23.1. The molecule has 2 aromatic heterocycles. The first-order chi connectivity index (χ1) is 14.2. The third kappa shape index (κ3) is 3.17. The predicted octanol–water partition coefficient (Wildman–Crippen LogP) is 4.85. The number of oxazole rings is 1. The van der Waals surface area contributed by atoms with Crippen LogP contribution < -0.4 is 10.9 Å². The van der Waals surface area contributed by atoms with Gasteiger partial charge in [-0.2, -0.15) is 0 Å². The van der Waals surface area contributed by atoms with Gasteiger partial charge in [-0.15, -0.1) is 0 Å². The Balaban J connectivity index is 1.46. The van der Waals surface area contributed by atoms with Gasteiger partial charge >= 0.3 is 5.63 Å². The number of carbonyl (C=O) groups is 1. The van der Waals surface area contributed by atoms with Crippen LogP contribution in [0.3, 0.4) is 0 Å². The van der Waals surface area contributed by atoms with Crippen molar-refractivity contribution in [2.24, 2.45) is 0 Å². The van der Waals surface area contributed by atoms with Crippen molar-refractivity contribution >= 4 is 33.7 Å². The summed E-state index contributed by atoms with van der Waals surface area (Å²) in [5, 5.41) is 3.42. The molecule has 0 saturated heterocycles. The summed E-state index contributed by atoms with van der Waals surface area (Å²) < 4.78 is 11.0. The third-order valence-electron chi connectivity index (χ3n) is 4.55. The van der Waals surface area contributed by atoms with Crippen LogP contribution in [0.15, 0.2) is 92.5 Å². The van der Waals surface area contributed by atoms with Crippen LogP contribution >= 0.6 is 0 Å². The Labute approximate surface area is 164 Å². The fraction of sp³-hybridized carbons (Fsp3) is 0. The van der Waals surface area contributed by atoms with Gasteiger partial charge in [0.1, 0.15) is 16.7 Å². The zero-order chi connectivity index (χ0) is 19.8. The summed E-state index contributed by atoms with van der Waals surface area (Å²) >= 11 is 0. The fourth-order valence-electron chi connectivity index (χ4n) is 3.14. The van der Waals surface area contributed by atoms with Gasteiger partial charge in [0.25, 0.3) is 5.91 Å². The second-order valence-electron chi connectivity index (χ2n) is 6.51. The van der Waals surface area contributed by atoms with Crippen molar-refractivity contribution in [3.05, 3.63) is 94.8 Å². The van der Waals surface area contributed by atoms with Gasteiger partial charge in [0.15, 0.2) is 5.58 Å². The Hall–Kier alpha value is -4.19. The number of nitrogens with one attached hydrogen (secondary N) is 1. The summed E-state index contributed by atoms with van der Waals surface area (Å²) in [7, 11) is 0. The van der Waals surface area contributed by atoms with Crippen molar-refractivity contribution in [3.63, 3.8) is 0 Å². The molecule has 0 atom stereocenters. The molecule has 5 aromatic rings. The molecule has 2 heterocycles. The zero-order valence-corrected chi connectivity index (χ0v) is 15.1. The van der Waals surface area contributed by atoms with Crippen molar-refractivity contribution < 1.29 is 13.6 Å². The maximum absolute atomic E-state index is 12.7. The minimum atomic E-state index is -0.684. The zero-order valence-electron chi connectivity index (χ0n) is 15.1. The highest BCUT2D eigenvalue weighted by molar-refractivity contribution is 6.05. The van der Waals surface area contributed by atoms with E-state index in [2.05, 4.69) is 10.3 Å². The van der Waals surface area contributed by atoms with Crippen molar-refractivity contribution in [1.82, 2.24) is 4.98 Å². The largest absolute Gasteiger partial charge is 0.436 e. The molecule has 0 radical (unpaired) electrons. The number of amides is 1. The van der Waals surface area contributed by atoms with Gasteiger partial charge in [-0.05, 0) is 42.5 Å². The minimum Gasteiger partial charge on any atom is -0.436 e. The van der Waals surface area contributed by atoms with E-state index in [0.717, 1.165) is 5.52 Å². The van der Waals surface area contributed by atoms with Gasteiger partial charge in [0, 0.05) is 16.6 Å². The summed E-state index contributed by atoms with van der Waals surface area (Å²) in [6.45, 7) is 0. The number of nitrogens with zero attached hydrogens (tertiary/aromatic N) is 1. The van der Waals surface area contributed by atoms with Gasteiger partial charge in [-0.25, -0.2) is 9.78 Å². The molecular formula is C23H14N2O4. The van der Waals surface area contributed by atoms with Crippen LogP contribution in [0.1, 0.15) is 10.4 Å². The number of para-hydroxylation sites is 3. The third-order valence-corrected chi connectivity index (χ3v) is 4.55. The van der Waals surface area contributed by atoms with Crippen LogP contribution in [0.5, 0.6) is 0 Å². The molecular weight excluding hydrogens is 368 g/mol. The molecule has 0 spiro atoms. The predicted molar refractivity (Wildman–Crippen MR) is 110 cm³/mol. The molecule has 140 valence electrons. The van der Waals surface area contributed by atoms with E-state index < -0.39 is 11.5 Å². The highest BCUT2D eigenvalue weighted by Crippen LogP contribution is 2.26. The van der Waals surface area contributed by atoms with E-state index in [-0.39, 0.29) is 5.56 Å². The molecule has 1 N–H and O–H groups in total. The first kappa shape index (κ1) is 16.9. The molecule has 6 nitrogen and oxygen atoms in total. The van der Waals surface area contributed by atoms with E-state index in [9.17, 15) is 9.59 Å². The van der Waals surface area contributed by atoms with Crippen molar-refractivity contribution in [3.8, 4) is 11.5 Å². The number of aromatic nitrogens is 1. The lowest BCUT2D eigenvalue weighted by Crippen LogP contribution is -2.20. The summed E-state index contributed by atoms with van der Waals surface area (Å²) in [6.07, 6.45) is 0. The molecule has 6 heteroatoms. The maximum atomic E-state index is 12.7. The quantitative estimate of drug-likeness (QED) is 0.451.